The predicted molar refractivity (Wildman–Crippen MR) is 95.1 cm³/mol. The molecule has 0 spiro atoms. The van der Waals surface area contributed by atoms with Crippen molar-refractivity contribution in [3.8, 4) is 11.3 Å². The van der Waals surface area contributed by atoms with E-state index in [2.05, 4.69) is 59.4 Å². The molecule has 0 aliphatic heterocycles. The number of H-pyrrole nitrogens is 1. The number of aromatic amines is 1. The molecule has 0 aromatic carbocycles. The van der Waals surface area contributed by atoms with Crippen LogP contribution in [0.25, 0.3) is 11.3 Å². The number of hydrogen-bond donors (Lipinski definition) is 2. The summed E-state index contributed by atoms with van der Waals surface area (Å²) in [6, 6.07) is 4.55. The van der Waals surface area contributed by atoms with Crippen LogP contribution in [0.3, 0.4) is 0 Å². The number of rotatable bonds is 9. The molecule has 0 saturated carbocycles. The van der Waals surface area contributed by atoms with Gasteiger partial charge in [-0.05, 0) is 32.1 Å². The molecular formula is C18H29N5. The highest BCUT2D eigenvalue weighted by atomic mass is 15.1. The van der Waals surface area contributed by atoms with Gasteiger partial charge in [-0.3, -0.25) is 10.1 Å². The largest absolute Gasteiger partial charge is 0.311 e. The number of nitrogens with zero attached hydrogens (tertiary/aromatic N) is 3. The van der Waals surface area contributed by atoms with Gasteiger partial charge < -0.3 is 10.2 Å². The van der Waals surface area contributed by atoms with E-state index in [-0.39, 0.29) is 0 Å². The molecule has 0 radical (unpaired) electrons. The molecule has 0 saturated heterocycles. The molecule has 1 atom stereocenters. The number of pyridine rings is 1. The average Bonchev–Trinajstić information content (AvgIpc) is 3.03. The van der Waals surface area contributed by atoms with Crippen LogP contribution in [0.1, 0.15) is 32.3 Å². The third kappa shape index (κ3) is 4.62. The molecule has 2 rings (SSSR count). The van der Waals surface area contributed by atoms with Gasteiger partial charge in [0.25, 0.3) is 0 Å². The summed E-state index contributed by atoms with van der Waals surface area (Å²) < 4.78 is 0. The smallest absolute Gasteiger partial charge is 0.0710 e. The van der Waals surface area contributed by atoms with E-state index in [0.29, 0.717) is 6.04 Å². The van der Waals surface area contributed by atoms with Crippen molar-refractivity contribution in [1.29, 1.82) is 0 Å². The average molecular weight is 315 g/mol. The summed E-state index contributed by atoms with van der Waals surface area (Å²) in [7, 11) is 4.34. The van der Waals surface area contributed by atoms with Crippen molar-refractivity contribution in [1.82, 2.24) is 25.4 Å². The fourth-order valence-corrected chi connectivity index (χ4v) is 3.16. The quantitative estimate of drug-likeness (QED) is 0.747. The molecule has 0 amide bonds. The number of aromatic nitrogens is 3. The van der Waals surface area contributed by atoms with Crippen LogP contribution in [-0.2, 0) is 6.54 Å². The minimum absolute atomic E-state index is 0.554. The number of likely N-dealkylation sites (N-methyl/N-ethyl adjacent to an activating group) is 1. The highest BCUT2D eigenvalue weighted by molar-refractivity contribution is 5.61. The van der Waals surface area contributed by atoms with Crippen LogP contribution in [0.4, 0.5) is 0 Å². The Morgan fingerprint density at radius 2 is 2.00 bits per heavy atom. The second-order valence-corrected chi connectivity index (χ2v) is 6.25. The Bertz CT molecular complexity index is 560. The van der Waals surface area contributed by atoms with E-state index in [4.69, 9.17) is 0 Å². The van der Waals surface area contributed by atoms with Crippen LogP contribution in [0.2, 0.25) is 0 Å². The molecule has 5 nitrogen and oxygen atoms in total. The molecule has 0 fully saturated rings. The number of nitrogens with one attached hydrogen (secondary N) is 2. The van der Waals surface area contributed by atoms with E-state index >= 15 is 0 Å². The minimum atomic E-state index is 0.554. The van der Waals surface area contributed by atoms with Crippen molar-refractivity contribution in [2.75, 3.05) is 20.6 Å². The van der Waals surface area contributed by atoms with Crippen LogP contribution >= 0.6 is 0 Å². The van der Waals surface area contributed by atoms with Crippen LogP contribution in [0.5, 0.6) is 0 Å². The summed E-state index contributed by atoms with van der Waals surface area (Å²) in [5.41, 5.74) is 3.31. The summed E-state index contributed by atoms with van der Waals surface area (Å²) in [5, 5.41) is 10.9. The van der Waals surface area contributed by atoms with Crippen molar-refractivity contribution >= 4 is 0 Å². The monoisotopic (exact) mass is 315 g/mol. The molecule has 5 heteroatoms. The zero-order valence-electron chi connectivity index (χ0n) is 14.7. The molecule has 126 valence electrons. The van der Waals surface area contributed by atoms with Crippen molar-refractivity contribution in [2.45, 2.75) is 39.3 Å². The van der Waals surface area contributed by atoms with Crippen LogP contribution in [-0.4, -0.2) is 46.8 Å². The highest BCUT2D eigenvalue weighted by Gasteiger charge is 2.20. The Kier molecular flexibility index (Phi) is 6.74. The van der Waals surface area contributed by atoms with Gasteiger partial charge in [-0.15, -0.1) is 0 Å². The number of hydrogen-bond acceptors (Lipinski definition) is 4. The Labute approximate surface area is 139 Å². The van der Waals surface area contributed by atoms with Gasteiger partial charge in [0.1, 0.15) is 0 Å². The Balaban J connectivity index is 1.98. The lowest BCUT2D eigenvalue weighted by Crippen LogP contribution is -2.42. The van der Waals surface area contributed by atoms with E-state index in [0.717, 1.165) is 30.3 Å². The fourth-order valence-electron chi connectivity index (χ4n) is 3.16. The SMILES string of the molecule is CCC(CC)C(CNCc1cn[nH]c1-c1cccnc1)N(C)C. The first-order chi connectivity index (χ1) is 11.2. The molecule has 2 N–H and O–H groups in total. The summed E-state index contributed by atoms with van der Waals surface area (Å²) in [6.45, 7) is 6.35. The summed E-state index contributed by atoms with van der Waals surface area (Å²) in [6.07, 6.45) is 7.98. The van der Waals surface area contributed by atoms with E-state index in [9.17, 15) is 0 Å². The van der Waals surface area contributed by atoms with Gasteiger partial charge in [-0.2, -0.15) is 5.10 Å². The van der Waals surface area contributed by atoms with Crippen LogP contribution < -0.4 is 5.32 Å². The fraction of sp³-hybridized carbons (Fsp3) is 0.556. The topological polar surface area (TPSA) is 56.8 Å². The molecule has 23 heavy (non-hydrogen) atoms. The van der Waals surface area contributed by atoms with E-state index in [1.165, 1.54) is 18.4 Å². The van der Waals surface area contributed by atoms with Gasteiger partial charge in [-0.25, -0.2) is 0 Å². The lowest BCUT2D eigenvalue weighted by atomic mass is 9.93. The lowest BCUT2D eigenvalue weighted by molar-refractivity contribution is 0.194. The van der Waals surface area contributed by atoms with Crippen LogP contribution in [0, 0.1) is 5.92 Å². The first-order valence-electron chi connectivity index (χ1n) is 8.47. The first kappa shape index (κ1) is 17.6. The summed E-state index contributed by atoms with van der Waals surface area (Å²) in [4.78, 5) is 6.52. The molecule has 2 aromatic heterocycles. The Morgan fingerprint density at radius 1 is 1.22 bits per heavy atom. The zero-order valence-corrected chi connectivity index (χ0v) is 14.7. The molecular weight excluding hydrogens is 286 g/mol. The molecule has 0 bridgehead atoms. The molecule has 0 aliphatic carbocycles. The molecule has 1 unspecified atom stereocenters. The normalized spacial score (nSPS) is 13.0. The highest BCUT2D eigenvalue weighted by Crippen LogP contribution is 2.20. The van der Waals surface area contributed by atoms with Crippen molar-refractivity contribution in [2.24, 2.45) is 5.92 Å². The van der Waals surface area contributed by atoms with Gasteiger partial charge >= 0.3 is 0 Å². The van der Waals surface area contributed by atoms with E-state index in [1.807, 2.05) is 18.5 Å². The van der Waals surface area contributed by atoms with Crippen molar-refractivity contribution in [3.63, 3.8) is 0 Å². The maximum Gasteiger partial charge on any atom is 0.0710 e. The summed E-state index contributed by atoms with van der Waals surface area (Å²) in [5.74, 6) is 0.722. The Hall–Kier alpha value is -1.72. The first-order valence-corrected chi connectivity index (χ1v) is 8.47. The van der Waals surface area contributed by atoms with Gasteiger partial charge in [0, 0.05) is 42.7 Å². The molecule has 2 aromatic rings. The summed E-state index contributed by atoms with van der Waals surface area (Å²) >= 11 is 0. The van der Waals surface area contributed by atoms with Crippen molar-refractivity contribution < 1.29 is 0 Å². The Morgan fingerprint density at radius 3 is 2.61 bits per heavy atom. The predicted octanol–water partition coefficient (Wildman–Crippen LogP) is 2.93. The van der Waals surface area contributed by atoms with E-state index in [1.54, 1.807) is 6.20 Å². The second kappa shape index (κ2) is 8.79. The minimum Gasteiger partial charge on any atom is -0.311 e. The van der Waals surface area contributed by atoms with Crippen molar-refractivity contribution in [3.05, 3.63) is 36.3 Å². The van der Waals surface area contributed by atoms with E-state index < -0.39 is 0 Å². The zero-order chi connectivity index (χ0) is 16.7. The third-order valence-corrected chi connectivity index (χ3v) is 4.59. The maximum atomic E-state index is 4.20. The van der Waals surface area contributed by atoms with Gasteiger partial charge in [0.15, 0.2) is 0 Å². The van der Waals surface area contributed by atoms with Gasteiger partial charge in [0.2, 0.25) is 0 Å². The maximum absolute atomic E-state index is 4.20. The lowest BCUT2D eigenvalue weighted by Gasteiger charge is -2.31. The van der Waals surface area contributed by atoms with Gasteiger partial charge in [0.05, 0.1) is 11.9 Å². The standard InChI is InChI=1S/C18H29N5/c1-5-14(6-2)17(23(3)4)13-20-11-16-12-21-22-18(16)15-8-7-9-19-10-15/h7-10,12,14,17,20H,5-6,11,13H2,1-4H3,(H,21,22). The molecule has 2 heterocycles. The van der Waals surface area contributed by atoms with Crippen LogP contribution in [0.15, 0.2) is 30.7 Å². The third-order valence-electron chi connectivity index (χ3n) is 4.59. The van der Waals surface area contributed by atoms with Gasteiger partial charge in [-0.1, -0.05) is 26.7 Å². The second-order valence-electron chi connectivity index (χ2n) is 6.25. The molecule has 0 aliphatic rings.